The van der Waals surface area contributed by atoms with Crippen LogP contribution >= 0.6 is 0 Å². The predicted octanol–water partition coefficient (Wildman–Crippen LogP) is 1.92. The highest BCUT2D eigenvalue weighted by atomic mass is 32.2. The van der Waals surface area contributed by atoms with Gasteiger partial charge in [-0.15, -0.1) is 0 Å². The van der Waals surface area contributed by atoms with Gasteiger partial charge in [-0.05, 0) is 30.3 Å². The Morgan fingerprint density at radius 3 is 2.00 bits per heavy atom. The monoisotopic (exact) mass is 399 g/mol. The van der Waals surface area contributed by atoms with Gasteiger partial charge in [-0.2, -0.15) is 4.31 Å². The number of rotatable bonds is 8. The SMILES string of the molecule is CCN(CC)S(=O)(=O)c1ccc(S(=O)(=O)Nc2ccc(OC)nc2)cc1. The van der Waals surface area contributed by atoms with Crippen LogP contribution in [0, 0.1) is 0 Å². The zero-order valence-corrected chi connectivity index (χ0v) is 16.3. The molecule has 1 N–H and O–H groups in total. The van der Waals surface area contributed by atoms with Crippen molar-refractivity contribution in [2.45, 2.75) is 23.6 Å². The summed E-state index contributed by atoms with van der Waals surface area (Å²) in [4.78, 5) is 3.92. The van der Waals surface area contributed by atoms with Crippen LogP contribution in [0.5, 0.6) is 5.88 Å². The summed E-state index contributed by atoms with van der Waals surface area (Å²) in [5.41, 5.74) is 0.269. The number of nitrogens with zero attached hydrogens (tertiary/aromatic N) is 2. The number of methoxy groups -OCH3 is 1. The van der Waals surface area contributed by atoms with Gasteiger partial charge in [0.05, 0.1) is 28.8 Å². The molecule has 10 heteroatoms. The zero-order valence-electron chi connectivity index (χ0n) is 14.7. The Bertz CT molecular complexity index is 936. The van der Waals surface area contributed by atoms with Crippen LogP contribution in [0.1, 0.15) is 13.8 Å². The Hall–Kier alpha value is -2.17. The number of anilines is 1. The quantitative estimate of drug-likeness (QED) is 0.727. The van der Waals surface area contributed by atoms with Crippen molar-refractivity contribution in [2.75, 3.05) is 24.9 Å². The van der Waals surface area contributed by atoms with Gasteiger partial charge in [0.15, 0.2) is 0 Å². The molecule has 0 unspecified atom stereocenters. The molecule has 142 valence electrons. The van der Waals surface area contributed by atoms with E-state index in [4.69, 9.17) is 4.74 Å². The largest absolute Gasteiger partial charge is 0.481 e. The second-order valence-corrected chi connectivity index (χ2v) is 8.88. The summed E-state index contributed by atoms with van der Waals surface area (Å²) in [6.07, 6.45) is 1.33. The second kappa shape index (κ2) is 8.02. The van der Waals surface area contributed by atoms with E-state index in [0.29, 0.717) is 19.0 Å². The van der Waals surface area contributed by atoms with Gasteiger partial charge < -0.3 is 4.74 Å². The van der Waals surface area contributed by atoms with Crippen LogP contribution in [-0.2, 0) is 20.0 Å². The lowest BCUT2D eigenvalue weighted by molar-refractivity contribution is 0.398. The van der Waals surface area contributed by atoms with Gasteiger partial charge in [0, 0.05) is 19.2 Å². The van der Waals surface area contributed by atoms with Gasteiger partial charge in [0.25, 0.3) is 10.0 Å². The second-order valence-electron chi connectivity index (χ2n) is 5.26. The molecule has 0 amide bonds. The maximum absolute atomic E-state index is 12.4. The molecule has 0 saturated heterocycles. The van der Waals surface area contributed by atoms with Crippen molar-refractivity contribution in [3.8, 4) is 5.88 Å². The van der Waals surface area contributed by atoms with Gasteiger partial charge in [-0.25, -0.2) is 21.8 Å². The Morgan fingerprint density at radius 2 is 1.54 bits per heavy atom. The highest BCUT2D eigenvalue weighted by Crippen LogP contribution is 2.21. The molecule has 0 saturated carbocycles. The molecule has 8 nitrogen and oxygen atoms in total. The molecular weight excluding hydrogens is 378 g/mol. The molecular formula is C16H21N3O5S2. The average Bonchev–Trinajstić information content (AvgIpc) is 2.63. The van der Waals surface area contributed by atoms with Crippen LogP contribution in [0.2, 0.25) is 0 Å². The molecule has 0 radical (unpaired) electrons. The van der Waals surface area contributed by atoms with Crippen molar-refractivity contribution < 1.29 is 21.6 Å². The van der Waals surface area contributed by atoms with E-state index < -0.39 is 20.0 Å². The van der Waals surface area contributed by atoms with E-state index in [9.17, 15) is 16.8 Å². The maximum Gasteiger partial charge on any atom is 0.261 e. The van der Waals surface area contributed by atoms with Gasteiger partial charge >= 0.3 is 0 Å². The van der Waals surface area contributed by atoms with Crippen LogP contribution in [0.4, 0.5) is 5.69 Å². The predicted molar refractivity (Wildman–Crippen MR) is 98.1 cm³/mol. The third kappa shape index (κ3) is 4.32. The van der Waals surface area contributed by atoms with Crippen LogP contribution in [0.25, 0.3) is 0 Å². The third-order valence-corrected chi connectivity index (χ3v) is 7.14. The van der Waals surface area contributed by atoms with E-state index in [1.807, 2.05) is 0 Å². The zero-order chi connectivity index (χ0) is 19.4. The summed E-state index contributed by atoms with van der Waals surface area (Å²) >= 11 is 0. The Kier molecular flexibility index (Phi) is 6.21. The maximum atomic E-state index is 12.4. The van der Waals surface area contributed by atoms with E-state index in [-0.39, 0.29) is 15.5 Å². The molecule has 2 rings (SSSR count). The lowest BCUT2D eigenvalue weighted by atomic mass is 10.4. The third-order valence-electron chi connectivity index (χ3n) is 3.67. The van der Waals surface area contributed by atoms with Crippen molar-refractivity contribution in [1.82, 2.24) is 9.29 Å². The molecule has 0 spiro atoms. The van der Waals surface area contributed by atoms with Crippen molar-refractivity contribution in [3.63, 3.8) is 0 Å². The smallest absolute Gasteiger partial charge is 0.261 e. The Balaban J connectivity index is 2.25. The van der Waals surface area contributed by atoms with E-state index in [0.717, 1.165) is 0 Å². The van der Waals surface area contributed by atoms with E-state index in [1.54, 1.807) is 13.8 Å². The fraction of sp³-hybridized carbons (Fsp3) is 0.312. The van der Waals surface area contributed by atoms with Crippen molar-refractivity contribution in [3.05, 3.63) is 42.6 Å². The minimum absolute atomic E-state index is 0.0475. The Labute approximate surface area is 153 Å². The normalized spacial score (nSPS) is 12.2. The highest BCUT2D eigenvalue weighted by molar-refractivity contribution is 7.92. The van der Waals surface area contributed by atoms with Gasteiger partial charge in [0.1, 0.15) is 0 Å². The number of hydrogen-bond donors (Lipinski definition) is 1. The topological polar surface area (TPSA) is 106 Å². The average molecular weight is 399 g/mol. The number of hydrogen-bond acceptors (Lipinski definition) is 6. The number of pyridine rings is 1. The van der Waals surface area contributed by atoms with Gasteiger partial charge in [0.2, 0.25) is 15.9 Å². The summed E-state index contributed by atoms with van der Waals surface area (Å²) in [5.74, 6) is 0.360. The lowest BCUT2D eigenvalue weighted by Gasteiger charge is -2.18. The molecule has 26 heavy (non-hydrogen) atoms. The number of sulfonamides is 2. The van der Waals surface area contributed by atoms with Gasteiger partial charge in [-0.1, -0.05) is 13.8 Å². The van der Waals surface area contributed by atoms with Crippen molar-refractivity contribution in [1.29, 1.82) is 0 Å². The van der Waals surface area contributed by atoms with E-state index >= 15 is 0 Å². The summed E-state index contributed by atoms with van der Waals surface area (Å²) in [6, 6.07) is 8.13. The first kappa shape index (κ1) is 20.1. The molecule has 0 aliphatic carbocycles. The minimum Gasteiger partial charge on any atom is -0.481 e. The first-order valence-corrected chi connectivity index (χ1v) is 10.8. The number of aromatic nitrogens is 1. The first-order chi connectivity index (χ1) is 12.2. The molecule has 1 aromatic carbocycles. The fourth-order valence-corrected chi connectivity index (χ4v) is 4.78. The molecule has 0 fully saturated rings. The Morgan fingerprint density at radius 1 is 0.962 bits per heavy atom. The molecule has 1 heterocycles. The van der Waals surface area contributed by atoms with E-state index in [2.05, 4.69) is 9.71 Å². The number of ether oxygens (including phenoxy) is 1. The molecule has 0 aliphatic rings. The molecule has 0 aliphatic heterocycles. The molecule has 0 bridgehead atoms. The van der Waals surface area contributed by atoms with Gasteiger partial charge in [-0.3, -0.25) is 4.72 Å². The standard InChI is InChI=1S/C16H21N3O5S2/c1-4-19(5-2)26(22,23)15-9-7-14(8-10-15)25(20,21)18-13-6-11-16(24-3)17-12-13/h6-12,18H,4-5H2,1-3H3. The fourth-order valence-electron chi connectivity index (χ4n) is 2.28. The molecule has 0 atom stereocenters. The van der Waals surface area contributed by atoms with Crippen molar-refractivity contribution >= 4 is 25.7 Å². The van der Waals surface area contributed by atoms with Crippen LogP contribution < -0.4 is 9.46 Å². The lowest BCUT2D eigenvalue weighted by Crippen LogP contribution is -2.30. The van der Waals surface area contributed by atoms with Crippen LogP contribution in [0.15, 0.2) is 52.4 Å². The summed E-state index contributed by atoms with van der Waals surface area (Å²) in [7, 11) is -6.04. The minimum atomic E-state index is -3.87. The molecule has 2 aromatic rings. The number of benzene rings is 1. The first-order valence-electron chi connectivity index (χ1n) is 7.87. The highest BCUT2D eigenvalue weighted by Gasteiger charge is 2.22. The summed E-state index contributed by atoms with van der Waals surface area (Å²) in [5, 5.41) is 0. The summed E-state index contributed by atoms with van der Waals surface area (Å²) < 4.78 is 58.4. The molecule has 1 aromatic heterocycles. The van der Waals surface area contributed by atoms with Crippen molar-refractivity contribution in [2.24, 2.45) is 0 Å². The van der Waals surface area contributed by atoms with E-state index in [1.165, 1.54) is 54.0 Å². The van der Waals surface area contributed by atoms with Crippen LogP contribution in [-0.4, -0.2) is 46.3 Å². The van der Waals surface area contributed by atoms with Crippen LogP contribution in [0.3, 0.4) is 0 Å². The number of nitrogens with one attached hydrogen (secondary N) is 1. The summed E-state index contributed by atoms with van der Waals surface area (Å²) in [6.45, 7) is 4.16.